The van der Waals surface area contributed by atoms with E-state index in [9.17, 15) is 14.4 Å². The first-order valence-corrected chi connectivity index (χ1v) is 9.17. The highest BCUT2D eigenvalue weighted by Crippen LogP contribution is 2.12. The van der Waals surface area contributed by atoms with Crippen molar-refractivity contribution in [3.8, 4) is 0 Å². The van der Waals surface area contributed by atoms with E-state index in [2.05, 4.69) is 10.6 Å². The number of benzene rings is 2. The average Bonchev–Trinajstić information content (AvgIpc) is 2.92. The summed E-state index contributed by atoms with van der Waals surface area (Å²) in [6.07, 6.45) is 0. The Bertz CT molecular complexity index is 1060. The number of nitrogens with one attached hydrogen (secondary N) is 2. The molecular formula is C21H24N4O3. The van der Waals surface area contributed by atoms with Gasteiger partial charge in [-0.25, -0.2) is 4.79 Å². The Kier molecular flexibility index (Phi) is 5.63. The molecule has 0 spiro atoms. The van der Waals surface area contributed by atoms with Crippen molar-refractivity contribution in [2.45, 2.75) is 26.9 Å². The number of rotatable bonds is 6. The third kappa shape index (κ3) is 4.14. The number of carbonyl (C=O) groups excluding carboxylic acids is 2. The standard InChI is InChI=1S/C21H24N4O3/c1-14(2)20(27)23-16-10-8-15(9-11-16)12-22-19(26)13-25-18-7-5-4-6-17(18)24(3)21(25)28/h4-11,14H,12-13H2,1-3H3,(H,22,26)(H,23,27). The first kappa shape index (κ1) is 19.4. The summed E-state index contributed by atoms with van der Waals surface area (Å²) in [4.78, 5) is 36.4. The molecule has 0 saturated carbocycles. The SMILES string of the molecule is CC(C)C(=O)Nc1ccc(CNC(=O)Cn2c(=O)n(C)c3ccccc32)cc1. The van der Waals surface area contributed by atoms with Crippen molar-refractivity contribution < 1.29 is 9.59 Å². The van der Waals surface area contributed by atoms with Crippen molar-refractivity contribution in [1.29, 1.82) is 0 Å². The maximum atomic E-state index is 12.4. The molecule has 0 aliphatic carbocycles. The van der Waals surface area contributed by atoms with Crippen LogP contribution in [0.4, 0.5) is 5.69 Å². The molecule has 0 unspecified atom stereocenters. The van der Waals surface area contributed by atoms with Crippen LogP contribution in [-0.4, -0.2) is 20.9 Å². The number of aryl methyl sites for hydroxylation is 1. The number of anilines is 1. The quantitative estimate of drug-likeness (QED) is 0.688. The van der Waals surface area contributed by atoms with Gasteiger partial charge in [0.05, 0.1) is 11.0 Å². The summed E-state index contributed by atoms with van der Waals surface area (Å²) in [5, 5.41) is 5.66. The van der Waals surface area contributed by atoms with Gasteiger partial charge in [0.15, 0.2) is 0 Å². The van der Waals surface area contributed by atoms with Gasteiger partial charge in [0.25, 0.3) is 0 Å². The maximum Gasteiger partial charge on any atom is 0.329 e. The highest BCUT2D eigenvalue weighted by atomic mass is 16.2. The highest BCUT2D eigenvalue weighted by Gasteiger charge is 2.13. The molecule has 1 heterocycles. The molecule has 0 aliphatic heterocycles. The second-order valence-electron chi connectivity index (χ2n) is 7.03. The van der Waals surface area contributed by atoms with Crippen molar-refractivity contribution in [3.05, 3.63) is 64.6 Å². The minimum Gasteiger partial charge on any atom is -0.350 e. The van der Waals surface area contributed by atoms with Crippen LogP contribution in [-0.2, 0) is 29.7 Å². The Morgan fingerprint density at radius 1 is 1.00 bits per heavy atom. The lowest BCUT2D eigenvalue weighted by Crippen LogP contribution is -2.32. The Hall–Kier alpha value is -3.35. The van der Waals surface area contributed by atoms with E-state index in [0.29, 0.717) is 6.54 Å². The van der Waals surface area contributed by atoms with Crippen LogP contribution in [0.15, 0.2) is 53.3 Å². The van der Waals surface area contributed by atoms with Gasteiger partial charge in [-0.15, -0.1) is 0 Å². The zero-order valence-electron chi connectivity index (χ0n) is 16.2. The molecule has 7 heteroatoms. The fourth-order valence-electron chi connectivity index (χ4n) is 2.91. The van der Waals surface area contributed by atoms with E-state index in [-0.39, 0.29) is 30.0 Å². The molecule has 0 atom stereocenters. The molecule has 2 N–H and O–H groups in total. The molecule has 0 saturated heterocycles. The topological polar surface area (TPSA) is 85.1 Å². The third-order valence-corrected chi connectivity index (χ3v) is 4.59. The van der Waals surface area contributed by atoms with E-state index in [4.69, 9.17) is 0 Å². The summed E-state index contributed by atoms with van der Waals surface area (Å²) in [6, 6.07) is 14.7. The summed E-state index contributed by atoms with van der Waals surface area (Å²) in [7, 11) is 1.69. The zero-order chi connectivity index (χ0) is 20.3. The van der Waals surface area contributed by atoms with Gasteiger partial charge in [-0.1, -0.05) is 38.1 Å². The van der Waals surface area contributed by atoms with Crippen molar-refractivity contribution in [3.63, 3.8) is 0 Å². The first-order chi connectivity index (χ1) is 13.4. The van der Waals surface area contributed by atoms with Crippen LogP contribution in [0.2, 0.25) is 0 Å². The molecule has 3 rings (SSSR count). The van der Waals surface area contributed by atoms with Gasteiger partial charge in [0, 0.05) is 25.2 Å². The van der Waals surface area contributed by atoms with Crippen LogP contribution in [0.25, 0.3) is 11.0 Å². The van der Waals surface area contributed by atoms with Gasteiger partial charge in [-0.2, -0.15) is 0 Å². The predicted octanol–water partition coefficient (Wildman–Crippen LogP) is 2.25. The van der Waals surface area contributed by atoms with Crippen LogP contribution in [0.3, 0.4) is 0 Å². The van der Waals surface area contributed by atoms with E-state index in [0.717, 1.165) is 22.3 Å². The van der Waals surface area contributed by atoms with Gasteiger partial charge >= 0.3 is 5.69 Å². The monoisotopic (exact) mass is 380 g/mol. The summed E-state index contributed by atoms with van der Waals surface area (Å²) in [5.74, 6) is -0.367. The Morgan fingerprint density at radius 2 is 1.64 bits per heavy atom. The average molecular weight is 380 g/mol. The van der Waals surface area contributed by atoms with Crippen LogP contribution >= 0.6 is 0 Å². The van der Waals surface area contributed by atoms with Crippen molar-refractivity contribution in [2.75, 3.05) is 5.32 Å². The third-order valence-electron chi connectivity index (χ3n) is 4.59. The molecule has 0 fully saturated rings. The lowest BCUT2D eigenvalue weighted by molar-refractivity contribution is -0.122. The second kappa shape index (κ2) is 8.12. The Balaban J connectivity index is 1.62. The summed E-state index contributed by atoms with van der Waals surface area (Å²) in [6.45, 7) is 3.97. The van der Waals surface area contributed by atoms with Crippen LogP contribution in [0, 0.1) is 5.92 Å². The molecular weight excluding hydrogens is 356 g/mol. The maximum absolute atomic E-state index is 12.4. The molecule has 3 aromatic rings. The van der Waals surface area contributed by atoms with Crippen LogP contribution < -0.4 is 16.3 Å². The number of carbonyl (C=O) groups is 2. The summed E-state index contributed by atoms with van der Waals surface area (Å²) in [5.41, 5.74) is 2.92. The van der Waals surface area contributed by atoms with E-state index >= 15 is 0 Å². The summed E-state index contributed by atoms with van der Waals surface area (Å²) < 4.78 is 3.00. The number of amides is 2. The molecule has 28 heavy (non-hydrogen) atoms. The van der Waals surface area contributed by atoms with E-state index in [1.165, 1.54) is 9.13 Å². The Morgan fingerprint density at radius 3 is 2.29 bits per heavy atom. The second-order valence-corrected chi connectivity index (χ2v) is 7.03. The minimum absolute atomic E-state index is 0.0390. The van der Waals surface area contributed by atoms with Gasteiger partial charge in [-0.3, -0.25) is 18.7 Å². The largest absolute Gasteiger partial charge is 0.350 e. The van der Waals surface area contributed by atoms with Gasteiger partial charge < -0.3 is 10.6 Å². The normalized spacial score (nSPS) is 11.0. The number of fused-ring (bicyclic) bond motifs is 1. The van der Waals surface area contributed by atoms with E-state index < -0.39 is 0 Å². The number of hydrogen-bond donors (Lipinski definition) is 2. The van der Waals surface area contributed by atoms with Gasteiger partial charge in [-0.05, 0) is 29.8 Å². The smallest absolute Gasteiger partial charge is 0.329 e. The van der Waals surface area contributed by atoms with Crippen LogP contribution in [0.5, 0.6) is 0 Å². The number of imidazole rings is 1. The first-order valence-electron chi connectivity index (χ1n) is 9.17. The van der Waals surface area contributed by atoms with Gasteiger partial charge in [0.2, 0.25) is 11.8 Å². The number of para-hydroxylation sites is 2. The van der Waals surface area contributed by atoms with E-state index in [1.807, 2.05) is 50.2 Å². The zero-order valence-corrected chi connectivity index (χ0v) is 16.2. The molecule has 146 valence electrons. The van der Waals surface area contributed by atoms with Gasteiger partial charge in [0.1, 0.15) is 6.54 Å². The lowest BCUT2D eigenvalue weighted by atomic mass is 10.1. The van der Waals surface area contributed by atoms with Crippen molar-refractivity contribution >= 4 is 28.5 Å². The van der Waals surface area contributed by atoms with Crippen molar-refractivity contribution in [2.24, 2.45) is 13.0 Å². The number of aromatic nitrogens is 2. The molecule has 2 aromatic carbocycles. The Labute approximate surface area is 163 Å². The molecule has 0 radical (unpaired) electrons. The lowest BCUT2D eigenvalue weighted by Gasteiger charge is -2.09. The molecule has 7 nitrogen and oxygen atoms in total. The molecule has 0 bridgehead atoms. The number of hydrogen-bond acceptors (Lipinski definition) is 3. The minimum atomic E-state index is -0.240. The predicted molar refractivity (Wildman–Crippen MR) is 109 cm³/mol. The van der Waals surface area contributed by atoms with Crippen LogP contribution in [0.1, 0.15) is 19.4 Å². The fourth-order valence-corrected chi connectivity index (χ4v) is 2.91. The molecule has 0 aliphatic rings. The molecule has 2 amide bonds. The summed E-state index contributed by atoms with van der Waals surface area (Å²) >= 11 is 0. The fraction of sp³-hybridized carbons (Fsp3) is 0.286. The molecule has 1 aromatic heterocycles. The van der Waals surface area contributed by atoms with Crippen molar-refractivity contribution in [1.82, 2.24) is 14.5 Å². The number of nitrogens with zero attached hydrogens (tertiary/aromatic N) is 2. The van der Waals surface area contributed by atoms with E-state index in [1.54, 1.807) is 19.2 Å². The highest BCUT2D eigenvalue weighted by molar-refractivity contribution is 5.92.